The fourth-order valence-electron chi connectivity index (χ4n) is 2.17. The molecule has 3 amide bonds. The smallest absolute Gasteiger partial charge is 0.269 e. The molecular weight excluding hydrogens is 419 g/mol. The van der Waals surface area contributed by atoms with Gasteiger partial charge in [0.2, 0.25) is 5.91 Å². The van der Waals surface area contributed by atoms with Crippen LogP contribution in [0.15, 0.2) is 42.5 Å². The molecule has 10 heteroatoms. The molecule has 2 aromatic rings. The zero-order chi connectivity index (χ0) is 21.4. The molecule has 0 aliphatic carbocycles. The molecule has 0 radical (unpaired) electrons. The predicted octanol–water partition coefficient (Wildman–Crippen LogP) is 2.48. The molecule has 0 heterocycles. The van der Waals surface area contributed by atoms with Gasteiger partial charge in [0, 0.05) is 25.3 Å². The van der Waals surface area contributed by atoms with E-state index in [1.54, 1.807) is 42.5 Å². The average molecular weight is 439 g/mol. The summed E-state index contributed by atoms with van der Waals surface area (Å²) in [5.74, 6) is -1.60. The van der Waals surface area contributed by atoms with Crippen molar-refractivity contribution in [3.63, 3.8) is 0 Å². The number of hydrogen-bond donors (Lipinski definition) is 3. The Balaban J connectivity index is 1.70. The first kappa shape index (κ1) is 22.5. The Bertz CT molecular complexity index is 888. The minimum absolute atomic E-state index is 0.210. The van der Waals surface area contributed by atoms with Crippen LogP contribution in [0.5, 0.6) is 0 Å². The van der Waals surface area contributed by atoms with Gasteiger partial charge >= 0.3 is 0 Å². The van der Waals surface area contributed by atoms with E-state index in [0.29, 0.717) is 16.3 Å². The monoisotopic (exact) mass is 438 g/mol. The third kappa shape index (κ3) is 6.94. The van der Waals surface area contributed by atoms with Crippen LogP contribution < -0.4 is 21.1 Å². The largest absolute Gasteiger partial charge is 0.378 e. The Morgan fingerprint density at radius 3 is 2.24 bits per heavy atom. The van der Waals surface area contributed by atoms with Gasteiger partial charge in [0.1, 0.15) is 13.2 Å². The molecule has 2 rings (SSSR count). The zero-order valence-corrected chi connectivity index (χ0v) is 17.3. The molecule has 0 saturated heterocycles. The van der Waals surface area contributed by atoms with Crippen LogP contribution in [0.1, 0.15) is 10.4 Å². The Hall–Kier alpha value is -2.81. The lowest BCUT2D eigenvalue weighted by molar-refractivity contribution is -0.129. The van der Waals surface area contributed by atoms with Crippen LogP contribution in [0, 0.1) is 0 Å². The highest BCUT2D eigenvalue weighted by Crippen LogP contribution is 2.29. The predicted molar refractivity (Wildman–Crippen MR) is 112 cm³/mol. The molecular formula is C19H20Cl2N4O4. The Morgan fingerprint density at radius 1 is 0.931 bits per heavy atom. The summed E-state index contributed by atoms with van der Waals surface area (Å²) in [5.41, 5.74) is 6.15. The van der Waals surface area contributed by atoms with Crippen molar-refractivity contribution in [1.82, 2.24) is 10.9 Å². The molecule has 2 aromatic carbocycles. The molecule has 0 saturated carbocycles. The third-order valence-corrected chi connectivity index (χ3v) is 4.47. The minimum atomic E-state index is -0.614. The van der Waals surface area contributed by atoms with Crippen molar-refractivity contribution in [2.24, 2.45) is 0 Å². The number of hydrazine groups is 1. The first-order valence-corrected chi connectivity index (χ1v) is 9.21. The number of benzene rings is 2. The summed E-state index contributed by atoms with van der Waals surface area (Å²) in [7, 11) is 3.78. The first-order chi connectivity index (χ1) is 13.8. The molecule has 0 aliphatic rings. The third-order valence-electron chi connectivity index (χ3n) is 3.65. The van der Waals surface area contributed by atoms with Gasteiger partial charge in [0.05, 0.1) is 15.7 Å². The van der Waals surface area contributed by atoms with Crippen molar-refractivity contribution >= 4 is 52.3 Å². The standard InChI is InChI=1S/C19H20Cl2N4O4/c1-25(2)13-8-6-12(7-9-13)19(28)24-23-17(27)11-29-10-16(26)22-15-5-3-4-14(20)18(15)21/h3-9H,10-11H2,1-2H3,(H,22,26)(H,23,27)(H,24,28). The second-order valence-electron chi connectivity index (χ2n) is 6.09. The van der Waals surface area contributed by atoms with Gasteiger partial charge in [-0.25, -0.2) is 0 Å². The van der Waals surface area contributed by atoms with Crippen LogP contribution in [-0.2, 0) is 14.3 Å². The van der Waals surface area contributed by atoms with Crippen LogP contribution >= 0.6 is 23.2 Å². The molecule has 0 atom stereocenters. The van der Waals surface area contributed by atoms with Crippen LogP contribution in [0.2, 0.25) is 10.0 Å². The topological polar surface area (TPSA) is 99.8 Å². The van der Waals surface area contributed by atoms with Crippen molar-refractivity contribution in [2.45, 2.75) is 0 Å². The lowest BCUT2D eigenvalue weighted by atomic mass is 10.2. The van der Waals surface area contributed by atoms with Crippen molar-refractivity contribution < 1.29 is 19.1 Å². The number of halogens is 2. The summed E-state index contributed by atoms with van der Waals surface area (Å²) in [5, 5.41) is 3.04. The second kappa shape index (κ2) is 10.7. The lowest BCUT2D eigenvalue weighted by Crippen LogP contribution is -2.43. The number of hydrogen-bond acceptors (Lipinski definition) is 5. The number of carbonyl (C=O) groups excluding carboxylic acids is 3. The summed E-state index contributed by atoms with van der Waals surface area (Å²) in [6.45, 7) is -0.799. The normalized spacial score (nSPS) is 10.2. The van der Waals surface area contributed by atoms with E-state index < -0.39 is 24.3 Å². The number of nitrogens with one attached hydrogen (secondary N) is 3. The number of ether oxygens (including phenoxy) is 1. The molecule has 3 N–H and O–H groups in total. The SMILES string of the molecule is CN(C)c1ccc(C(=O)NNC(=O)COCC(=O)Nc2cccc(Cl)c2Cl)cc1. The van der Waals surface area contributed by atoms with E-state index in [4.69, 9.17) is 27.9 Å². The average Bonchev–Trinajstić information content (AvgIpc) is 2.69. The lowest BCUT2D eigenvalue weighted by Gasteiger charge is -2.13. The molecule has 0 aromatic heterocycles. The van der Waals surface area contributed by atoms with Crippen molar-refractivity contribution in [3.05, 3.63) is 58.1 Å². The quantitative estimate of drug-likeness (QED) is 0.576. The van der Waals surface area contributed by atoms with Gasteiger partial charge in [0.15, 0.2) is 0 Å². The number of nitrogens with zero attached hydrogens (tertiary/aromatic N) is 1. The van der Waals surface area contributed by atoms with E-state index >= 15 is 0 Å². The van der Waals surface area contributed by atoms with Crippen molar-refractivity contribution in [3.8, 4) is 0 Å². The van der Waals surface area contributed by atoms with E-state index in [9.17, 15) is 14.4 Å². The number of amides is 3. The minimum Gasteiger partial charge on any atom is -0.378 e. The summed E-state index contributed by atoms with van der Waals surface area (Å²) < 4.78 is 5.02. The summed E-state index contributed by atoms with van der Waals surface area (Å²) in [6.07, 6.45) is 0. The molecule has 29 heavy (non-hydrogen) atoms. The van der Waals surface area contributed by atoms with Crippen LogP contribution in [0.4, 0.5) is 11.4 Å². The molecule has 0 aliphatic heterocycles. The van der Waals surface area contributed by atoms with Gasteiger partial charge in [-0.2, -0.15) is 0 Å². The van der Waals surface area contributed by atoms with Gasteiger partial charge in [-0.1, -0.05) is 29.3 Å². The van der Waals surface area contributed by atoms with Gasteiger partial charge in [-0.05, 0) is 36.4 Å². The van der Waals surface area contributed by atoms with E-state index in [0.717, 1.165) is 5.69 Å². The highest BCUT2D eigenvalue weighted by Gasteiger charge is 2.11. The molecule has 8 nitrogen and oxygen atoms in total. The molecule has 0 bridgehead atoms. The van der Waals surface area contributed by atoms with Gasteiger partial charge in [0.25, 0.3) is 11.8 Å². The summed E-state index contributed by atoms with van der Waals surface area (Å²) >= 11 is 11.8. The molecule has 0 unspecified atom stereocenters. The van der Waals surface area contributed by atoms with Crippen LogP contribution in [0.3, 0.4) is 0 Å². The highest BCUT2D eigenvalue weighted by atomic mass is 35.5. The van der Waals surface area contributed by atoms with Crippen LogP contribution in [0.25, 0.3) is 0 Å². The van der Waals surface area contributed by atoms with Crippen molar-refractivity contribution in [1.29, 1.82) is 0 Å². The van der Waals surface area contributed by atoms with E-state index in [1.807, 2.05) is 19.0 Å². The molecule has 154 valence electrons. The number of carbonyl (C=O) groups is 3. The summed E-state index contributed by atoms with van der Waals surface area (Å²) in [6, 6.07) is 11.6. The maximum absolute atomic E-state index is 12.0. The fraction of sp³-hybridized carbons (Fsp3) is 0.211. The Kier molecular flexibility index (Phi) is 8.26. The van der Waals surface area contributed by atoms with E-state index in [1.165, 1.54) is 0 Å². The van der Waals surface area contributed by atoms with Gasteiger partial charge in [-0.15, -0.1) is 0 Å². The molecule has 0 spiro atoms. The van der Waals surface area contributed by atoms with E-state index in [2.05, 4.69) is 16.2 Å². The summed E-state index contributed by atoms with van der Waals surface area (Å²) in [4.78, 5) is 37.5. The van der Waals surface area contributed by atoms with Crippen molar-refractivity contribution in [2.75, 3.05) is 37.5 Å². The van der Waals surface area contributed by atoms with Crippen LogP contribution in [-0.4, -0.2) is 45.0 Å². The maximum Gasteiger partial charge on any atom is 0.269 e. The zero-order valence-electron chi connectivity index (χ0n) is 15.8. The van der Waals surface area contributed by atoms with Gasteiger partial charge in [-0.3, -0.25) is 25.2 Å². The number of anilines is 2. The first-order valence-electron chi connectivity index (χ1n) is 8.46. The Labute approximate surface area is 178 Å². The Morgan fingerprint density at radius 2 is 1.59 bits per heavy atom. The maximum atomic E-state index is 12.0. The fourth-order valence-corrected chi connectivity index (χ4v) is 2.52. The number of rotatable bonds is 7. The van der Waals surface area contributed by atoms with Gasteiger partial charge < -0.3 is 15.0 Å². The highest BCUT2D eigenvalue weighted by molar-refractivity contribution is 6.44. The molecule has 0 fully saturated rings. The second-order valence-corrected chi connectivity index (χ2v) is 6.87. The van der Waals surface area contributed by atoms with E-state index in [-0.39, 0.29) is 11.6 Å².